The topological polar surface area (TPSA) is 66.0 Å². The Morgan fingerprint density at radius 2 is 1.69 bits per heavy atom. The summed E-state index contributed by atoms with van der Waals surface area (Å²) in [6.07, 6.45) is 0.890. The van der Waals surface area contributed by atoms with E-state index in [-0.39, 0.29) is 5.91 Å². The maximum Gasteiger partial charge on any atom is 0.255 e. The third-order valence-electron chi connectivity index (χ3n) is 4.41. The quantitative estimate of drug-likeness (QED) is 0.293. The third-order valence-corrected chi connectivity index (χ3v) is 5.21. The summed E-state index contributed by atoms with van der Waals surface area (Å²) in [5.41, 5.74) is 1.16. The van der Waals surface area contributed by atoms with Crippen molar-refractivity contribution in [2.75, 3.05) is 25.6 Å². The van der Waals surface area contributed by atoms with E-state index in [9.17, 15) is 4.79 Å². The van der Waals surface area contributed by atoms with E-state index in [4.69, 9.17) is 18.9 Å². The van der Waals surface area contributed by atoms with Gasteiger partial charge in [-0.05, 0) is 84.5 Å². The van der Waals surface area contributed by atoms with E-state index in [1.54, 1.807) is 49.6 Å². The van der Waals surface area contributed by atoms with Gasteiger partial charge in [-0.1, -0.05) is 13.0 Å². The monoisotopic (exact) mass is 547 g/mol. The van der Waals surface area contributed by atoms with Crippen LogP contribution in [-0.2, 0) is 0 Å². The maximum absolute atomic E-state index is 12.8. The fourth-order valence-electron chi connectivity index (χ4n) is 2.92. The fourth-order valence-corrected chi connectivity index (χ4v) is 3.67. The van der Waals surface area contributed by atoms with Gasteiger partial charge in [-0.3, -0.25) is 4.79 Å². The number of carbonyl (C=O) groups is 1. The SMILES string of the molecule is CCCOc1c(I)cc(C(=O)Nc2ccc(Oc3cccc(OC)c3)cc2)cc1OCC. The molecule has 0 aliphatic rings. The van der Waals surface area contributed by atoms with Gasteiger partial charge in [-0.2, -0.15) is 0 Å². The molecule has 6 nitrogen and oxygen atoms in total. The normalized spacial score (nSPS) is 10.4. The Labute approximate surface area is 202 Å². The van der Waals surface area contributed by atoms with E-state index in [2.05, 4.69) is 27.9 Å². The van der Waals surface area contributed by atoms with Crippen LogP contribution in [0.15, 0.2) is 60.7 Å². The number of hydrogen-bond acceptors (Lipinski definition) is 5. The van der Waals surface area contributed by atoms with Gasteiger partial charge < -0.3 is 24.3 Å². The zero-order valence-corrected chi connectivity index (χ0v) is 20.5. The lowest BCUT2D eigenvalue weighted by molar-refractivity contribution is 0.102. The molecule has 0 aromatic heterocycles. The van der Waals surface area contributed by atoms with Crippen molar-refractivity contribution in [1.29, 1.82) is 0 Å². The predicted molar refractivity (Wildman–Crippen MR) is 134 cm³/mol. The van der Waals surface area contributed by atoms with Gasteiger partial charge in [0.05, 0.1) is 23.9 Å². The summed E-state index contributed by atoms with van der Waals surface area (Å²) in [6, 6.07) is 18.1. The summed E-state index contributed by atoms with van der Waals surface area (Å²) in [7, 11) is 1.61. The molecule has 0 fully saturated rings. The second-order valence-corrected chi connectivity index (χ2v) is 7.99. The van der Waals surface area contributed by atoms with Gasteiger partial charge in [0.2, 0.25) is 0 Å². The minimum absolute atomic E-state index is 0.229. The lowest BCUT2D eigenvalue weighted by Gasteiger charge is -2.15. The molecule has 0 saturated heterocycles. The van der Waals surface area contributed by atoms with E-state index >= 15 is 0 Å². The number of ether oxygens (including phenoxy) is 4. The molecule has 0 aliphatic heterocycles. The van der Waals surface area contributed by atoms with Crippen LogP contribution in [0.3, 0.4) is 0 Å². The molecular formula is C25H26INO5. The van der Waals surface area contributed by atoms with Crippen LogP contribution in [0.25, 0.3) is 0 Å². The minimum Gasteiger partial charge on any atom is -0.497 e. The highest BCUT2D eigenvalue weighted by Crippen LogP contribution is 2.35. The van der Waals surface area contributed by atoms with Crippen LogP contribution < -0.4 is 24.3 Å². The summed E-state index contributed by atoms with van der Waals surface area (Å²) in [6.45, 7) is 5.02. The molecule has 32 heavy (non-hydrogen) atoms. The van der Waals surface area contributed by atoms with Crippen molar-refractivity contribution in [3.8, 4) is 28.7 Å². The van der Waals surface area contributed by atoms with Crippen molar-refractivity contribution in [3.63, 3.8) is 0 Å². The first kappa shape index (κ1) is 23.7. The molecule has 3 aromatic rings. The highest BCUT2D eigenvalue weighted by molar-refractivity contribution is 14.1. The molecule has 3 rings (SSSR count). The first-order valence-corrected chi connectivity index (χ1v) is 11.4. The molecule has 0 bridgehead atoms. The molecule has 0 heterocycles. The fraction of sp³-hybridized carbons (Fsp3) is 0.240. The first-order chi connectivity index (χ1) is 15.5. The summed E-state index contributed by atoms with van der Waals surface area (Å²) in [5, 5.41) is 2.91. The third kappa shape index (κ3) is 6.29. The second-order valence-electron chi connectivity index (χ2n) is 6.83. The van der Waals surface area contributed by atoms with E-state index in [0.29, 0.717) is 47.5 Å². The average molecular weight is 547 g/mol. The number of carbonyl (C=O) groups excluding carboxylic acids is 1. The molecule has 0 atom stereocenters. The summed E-state index contributed by atoms with van der Waals surface area (Å²) >= 11 is 2.16. The molecule has 7 heteroatoms. The Kier molecular flexibility index (Phi) is 8.61. The van der Waals surface area contributed by atoms with Crippen LogP contribution in [0, 0.1) is 3.57 Å². The number of nitrogens with one attached hydrogen (secondary N) is 1. The number of hydrogen-bond donors (Lipinski definition) is 1. The number of anilines is 1. The van der Waals surface area contributed by atoms with Gasteiger partial charge in [-0.25, -0.2) is 0 Å². The summed E-state index contributed by atoms with van der Waals surface area (Å²) in [4.78, 5) is 12.8. The zero-order chi connectivity index (χ0) is 22.9. The van der Waals surface area contributed by atoms with Gasteiger partial charge in [0.25, 0.3) is 5.91 Å². The molecule has 0 radical (unpaired) electrons. The Morgan fingerprint density at radius 1 is 0.938 bits per heavy atom. The average Bonchev–Trinajstić information content (AvgIpc) is 2.80. The molecule has 0 spiro atoms. The maximum atomic E-state index is 12.8. The van der Waals surface area contributed by atoms with Crippen molar-refractivity contribution < 1.29 is 23.7 Å². The van der Waals surface area contributed by atoms with Gasteiger partial charge in [0, 0.05) is 17.3 Å². The standard InChI is InChI=1S/C25H26INO5/c1-4-13-31-24-22(26)14-17(15-23(24)30-5-2)25(28)27-18-9-11-19(12-10-18)32-21-8-6-7-20(16-21)29-3/h6-12,14-16H,4-5,13H2,1-3H3,(H,27,28). The first-order valence-electron chi connectivity index (χ1n) is 10.4. The zero-order valence-electron chi connectivity index (χ0n) is 18.3. The highest BCUT2D eigenvalue weighted by Gasteiger charge is 2.16. The molecule has 0 aliphatic carbocycles. The van der Waals surface area contributed by atoms with Gasteiger partial charge >= 0.3 is 0 Å². The van der Waals surface area contributed by atoms with E-state index in [0.717, 1.165) is 15.7 Å². The van der Waals surface area contributed by atoms with Gasteiger partial charge in [0.1, 0.15) is 17.2 Å². The van der Waals surface area contributed by atoms with Crippen molar-refractivity contribution in [2.24, 2.45) is 0 Å². The summed E-state index contributed by atoms with van der Waals surface area (Å²) < 4.78 is 23.4. The number of amides is 1. The molecule has 0 unspecified atom stereocenters. The molecule has 1 N–H and O–H groups in total. The molecule has 0 saturated carbocycles. The van der Waals surface area contributed by atoms with Gasteiger partial charge in [-0.15, -0.1) is 0 Å². The van der Waals surface area contributed by atoms with Crippen LogP contribution in [-0.4, -0.2) is 26.2 Å². The van der Waals surface area contributed by atoms with Crippen LogP contribution in [0.5, 0.6) is 28.7 Å². The molecule has 1 amide bonds. The van der Waals surface area contributed by atoms with Crippen LogP contribution in [0.2, 0.25) is 0 Å². The highest BCUT2D eigenvalue weighted by atomic mass is 127. The Morgan fingerprint density at radius 3 is 2.38 bits per heavy atom. The number of benzene rings is 3. The predicted octanol–water partition coefficient (Wildman–Crippen LogP) is 6.53. The van der Waals surface area contributed by atoms with Crippen LogP contribution in [0.4, 0.5) is 5.69 Å². The second kappa shape index (κ2) is 11.6. The van der Waals surface area contributed by atoms with E-state index < -0.39 is 0 Å². The van der Waals surface area contributed by atoms with Crippen molar-refractivity contribution in [2.45, 2.75) is 20.3 Å². The number of rotatable bonds is 10. The minimum atomic E-state index is -0.229. The number of halogens is 1. The number of methoxy groups -OCH3 is 1. The van der Waals surface area contributed by atoms with Gasteiger partial charge in [0.15, 0.2) is 11.5 Å². The Balaban J connectivity index is 1.71. The molecular weight excluding hydrogens is 521 g/mol. The van der Waals surface area contributed by atoms with Crippen LogP contribution >= 0.6 is 22.6 Å². The Bertz CT molecular complexity index is 1050. The Hall–Kier alpha value is -2.94. The smallest absolute Gasteiger partial charge is 0.255 e. The lowest BCUT2D eigenvalue weighted by atomic mass is 10.1. The van der Waals surface area contributed by atoms with Crippen LogP contribution in [0.1, 0.15) is 30.6 Å². The van der Waals surface area contributed by atoms with Crippen molar-refractivity contribution in [1.82, 2.24) is 0 Å². The largest absolute Gasteiger partial charge is 0.497 e. The van der Waals surface area contributed by atoms with E-state index in [1.807, 2.05) is 32.0 Å². The van der Waals surface area contributed by atoms with Crippen molar-refractivity contribution >= 4 is 34.2 Å². The summed E-state index contributed by atoms with van der Waals surface area (Å²) in [5.74, 6) is 3.06. The lowest BCUT2D eigenvalue weighted by Crippen LogP contribution is -2.13. The van der Waals surface area contributed by atoms with Crippen molar-refractivity contribution in [3.05, 3.63) is 69.8 Å². The molecule has 3 aromatic carbocycles. The molecule has 168 valence electrons. The van der Waals surface area contributed by atoms with E-state index in [1.165, 1.54) is 0 Å².